The van der Waals surface area contributed by atoms with Crippen LogP contribution in [0.25, 0.3) is 0 Å². The van der Waals surface area contributed by atoms with Gasteiger partial charge in [-0.05, 0) is 86.2 Å². The van der Waals surface area contributed by atoms with Gasteiger partial charge >= 0.3 is 0 Å². The highest BCUT2D eigenvalue weighted by molar-refractivity contribution is 5.56. The highest BCUT2D eigenvalue weighted by atomic mass is 14.4. The standard InChI is InChI=1S/C28H40N2/c1-3-5-7-21-9-13-23(14-10-21)25-17-18-26(28(20-30)27(25)19-29)24-15-11-22(12-16-24)8-6-4-2/h17-18,21-24H,3-16H2,1-2H3/t21-,22-,23-,24-. The summed E-state index contributed by atoms with van der Waals surface area (Å²) in [7, 11) is 0. The molecule has 0 N–H and O–H groups in total. The Morgan fingerprint density at radius 1 is 0.667 bits per heavy atom. The topological polar surface area (TPSA) is 47.6 Å². The summed E-state index contributed by atoms with van der Waals surface area (Å²) in [6.07, 6.45) is 17.8. The van der Waals surface area contributed by atoms with Crippen LogP contribution in [0.15, 0.2) is 12.1 Å². The molecule has 0 atom stereocenters. The molecule has 0 aliphatic heterocycles. The Hall–Kier alpha value is -1.80. The third kappa shape index (κ3) is 5.46. The number of hydrogen-bond acceptors (Lipinski definition) is 2. The molecule has 0 bridgehead atoms. The molecule has 0 aromatic heterocycles. The molecule has 2 saturated carbocycles. The molecular formula is C28H40N2. The van der Waals surface area contributed by atoms with Gasteiger partial charge in [0.25, 0.3) is 0 Å². The zero-order valence-corrected chi connectivity index (χ0v) is 19.3. The maximum Gasteiger partial charge on any atom is 0.101 e. The first-order valence-electron chi connectivity index (χ1n) is 12.7. The summed E-state index contributed by atoms with van der Waals surface area (Å²) in [6, 6.07) is 9.34. The van der Waals surface area contributed by atoms with Gasteiger partial charge in [0.05, 0.1) is 11.1 Å². The number of benzene rings is 1. The number of nitriles is 2. The van der Waals surface area contributed by atoms with E-state index in [0.717, 1.165) is 23.0 Å². The molecule has 0 heterocycles. The van der Waals surface area contributed by atoms with E-state index in [9.17, 15) is 10.5 Å². The van der Waals surface area contributed by atoms with Crippen molar-refractivity contribution in [1.82, 2.24) is 0 Å². The summed E-state index contributed by atoms with van der Waals surface area (Å²) in [4.78, 5) is 0. The molecule has 162 valence electrons. The SMILES string of the molecule is CCCC[C@H]1CC[C@H](c2ccc([C@H]3CC[C@H](CCCC)CC3)c(C#N)c2C#N)CC1. The Labute approximate surface area is 184 Å². The Bertz CT molecular complexity index is 685. The average Bonchev–Trinajstić information content (AvgIpc) is 2.81. The molecule has 3 rings (SSSR count). The van der Waals surface area contributed by atoms with Crippen molar-refractivity contribution in [3.8, 4) is 12.1 Å². The van der Waals surface area contributed by atoms with Gasteiger partial charge < -0.3 is 0 Å². The van der Waals surface area contributed by atoms with Crippen molar-refractivity contribution in [3.05, 3.63) is 34.4 Å². The fourth-order valence-corrected chi connectivity index (χ4v) is 6.07. The van der Waals surface area contributed by atoms with Gasteiger partial charge in [-0.3, -0.25) is 0 Å². The normalized spacial score (nSPS) is 26.7. The lowest BCUT2D eigenvalue weighted by atomic mass is 9.73. The minimum absolute atomic E-state index is 0.462. The van der Waals surface area contributed by atoms with Gasteiger partial charge in [0.15, 0.2) is 0 Å². The van der Waals surface area contributed by atoms with E-state index in [0.29, 0.717) is 23.0 Å². The molecule has 2 aliphatic rings. The van der Waals surface area contributed by atoms with Crippen LogP contribution in [-0.2, 0) is 0 Å². The van der Waals surface area contributed by atoms with Gasteiger partial charge in [0, 0.05) is 0 Å². The van der Waals surface area contributed by atoms with E-state index in [4.69, 9.17) is 0 Å². The van der Waals surface area contributed by atoms with Crippen LogP contribution in [0.2, 0.25) is 0 Å². The number of unbranched alkanes of at least 4 members (excludes halogenated alkanes) is 2. The van der Waals surface area contributed by atoms with Crippen LogP contribution in [0.4, 0.5) is 0 Å². The summed E-state index contributed by atoms with van der Waals surface area (Å²) in [5.74, 6) is 2.65. The van der Waals surface area contributed by atoms with E-state index in [1.807, 2.05) is 0 Å². The maximum atomic E-state index is 9.99. The molecule has 2 aliphatic carbocycles. The molecule has 1 aromatic carbocycles. The largest absolute Gasteiger partial charge is 0.192 e. The van der Waals surface area contributed by atoms with Gasteiger partial charge in [-0.25, -0.2) is 0 Å². The molecule has 0 amide bonds. The lowest BCUT2D eigenvalue weighted by Crippen LogP contribution is -2.17. The van der Waals surface area contributed by atoms with Crippen molar-refractivity contribution < 1.29 is 0 Å². The molecule has 2 nitrogen and oxygen atoms in total. The van der Waals surface area contributed by atoms with E-state index < -0.39 is 0 Å². The third-order valence-corrected chi connectivity index (χ3v) is 8.00. The second kappa shape index (κ2) is 11.6. The van der Waals surface area contributed by atoms with Gasteiger partial charge in [0.2, 0.25) is 0 Å². The van der Waals surface area contributed by atoms with Gasteiger partial charge in [-0.2, -0.15) is 10.5 Å². The van der Waals surface area contributed by atoms with E-state index in [1.54, 1.807) is 0 Å². The quantitative estimate of drug-likeness (QED) is 0.437. The molecule has 0 radical (unpaired) electrons. The van der Waals surface area contributed by atoms with Gasteiger partial charge in [-0.1, -0.05) is 64.5 Å². The molecule has 2 fully saturated rings. The second-order valence-corrected chi connectivity index (χ2v) is 9.94. The number of rotatable bonds is 8. The Morgan fingerprint density at radius 3 is 1.33 bits per heavy atom. The first-order valence-corrected chi connectivity index (χ1v) is 12.7. The fourth-order valence-electron chi connectivity index (χ4n) is 6.07. The van der Waals surface area contributed by atoms with Gasteiger partial charge in [-0.15, -0.1) is 0 Å². The van der Waals surface area contributed by atoms with Crippen LogP contribution in [-0.4, -0.2) is 0 Å². The van der Waals surface area contributed by atoms with Crippen LogP contribution < -0.4 is 0 Å². The summed E-state index contributed by atoms with van der Waals surface area (Å²) >= 11 is 0. The van der Waals surface area contributed by atoms with Crippen LogP contribution >= 0.6 is 0 Å². The molecule has 0 spiro atoms. The first kappa shape index (κ1) is 22.9. The van der Waals surface area contributed by atoms with Crippen molar-refractivity contribution >= 4 is 0 Å². The molecule has 2 heteroatoms. The molecular weight excluding hydrogens is 364 g/mol. The molecule has 0 unspecified atom stereocenters. The predicted molar refractivity (Wildman–Crippen MR) is 124 cm³/mol. The summed E-state index contributed by atoms with van der Waals surface area (Å²) < 4.78 is 0. The zero-order chi connectivity index (χ0) is 21.3. The van der Waals surface area contributed by atoms with E-state index in [1.165, 1.54) is 89.9 Å². The van der Waals surface area contributed by atoms with Crippen LogP contribution in [0.5, 0.6) is 0 Å². The molecule has 0 saturated heterocycles. The fraction of sp³-hybridized carbons (Fsp3) is 0.714. The number of hydrogen-bond donors (Lipinski definition) is 0. The van der Waals surface area contributed by atoms with Crippen molar-refractivity contribution in [2.75, 3.05) is 0 Å². The van der Waals surface area contributed by atoms with Crippen molar-refractivity contribution in [3.63, 3.8) is 0 Å². The average molecular weight is 405 g/mol. The van der Waals surface area contributed by atoms with Crippen molar-refractivity contribution in [1.29, 1.82) is 10.5 Å². The predicted octanol–water partition coefficient (Wildman–Crippen LogP) is 8.36. The Morgan fingerprint density at radius 2 is 1.03 bits per heavy atom. The highest BCUT2D eigenvalue weighted by Gasteiger charge is 2.29. The Kier molecular flexibility index (Phi) is 8.81. The molecule has 1 aromatic rings. The van der Waals surface area contributed by atoms with Crippen LogP contribution in [0.3, 0.4) is 0 Å². The minimum Gasteiger partial charge on any atom is -0.192 e. The lowest BCUT2D eigenvalue weighted by molar-refractivity contribution is 0.302. The third-order valence-electron chi connectivity index (χ3n) is 8.00. The van der Waals surface area contributed by atoms with E-state index in [-0.39, 0.29) is 0 Å². The highest BCUT2D eigenvalue weighted by Crippen LogP contribution is 2.43. The van der Waals surface area contributed by atoms with Crippen LogP contribution in [0.1, 0.15) is 138 Å². The monoisotopic (exact) mass is 404 g/mol. The maximum absolute atomic E-state index is 9.99. The summed E-state index contributed by atoms with van der Waals surface area (Å²) in [5, 5.41) is 20.0. The minimum atomic E-state index is 0.462. The molecule has 30 heavy (non-hydrogen) atoms. The summed E-state index contributed by atoms with van der Waals surface area (Å²) in [5.41, 5.74) is 3.70. The van der Waals surface area contributed by atoms with E-state index in [2.05, 4.69) is 38.1 Å². The second-order valence-electron chi connectivity index (χ2n) is 9.94. The Balaban J connectivity index is 1.72. The lowest BCUT2D eigenvalue weighted by Gasteiger charge is -2.31. The smallest absolute Gasteiger partial charge is 0.101 e. The zero-order valence-electron chi connectivity index (χ0n) is 19.3. The van der Waals surface area contributed by atoms with Gasteiger partial charge in [0.1, 0.15) is 12.1 Å². The van der Waals surface area contributed by atoms with Crippen LogP contribution in [0, 0.1) is 34.5 Å². The van der Waals surface area contributed by atoms with Crippen molar-refractivity contribution in [2.45, 2.75) is 116 Å². The van der Waals surface area contributed by atoms with E-state index >= 15 is 0 Å². The first-order chi connectivity index (χ1) is 14.7. The summed E-state index contributed by atoms with van der Waals surface area (Å²) in [6.45, 7) is 4.54. The number of nitrogens with zero attached hydrogens (tertiary/aromatic N) is 2. The van der Waals surface area contributed by atoms with Crippen molar-refractivity contribution in [2.24, 2.45) is 11.8 Å².